The first-order chi connectivity index (χ1) is 17.5. The van der Waals surface area contributed by atoms with Crippen LogP contribution in [0.2, 0.25) is 0 Å². The molecule has 8 nitrogen and oxygen atoms in total. The lowest BCUT2D eigenvalue weighted by Gasteiger charge is -2.27. The summed E-state index contributed by atoms with van der Waals surface area (Å²) >= 11 is 0. The third-order valence-corrected chi connectivity index (χ3v) is 6.73. The molecule has 1 fully saturated rings. The lowest BCUT2D eigenvalue weighted by atomic mass is 9.88. The van der Waals surface area contributed by atoms with Crippen LogP contribution in [0.3, 0.4) is 0 Å². The van der Waals surface area contributed by atoms with E-state index in [1.54, 1.807) is 36.2 Å². The second kappa shape index (κ2) is 8.13. The zero-order chi connectivity index (χ0) is 24.9. The van der Waals surface area contributed by atoms with E-state index in [1.165, 1.54) is 0 Å². The number of carbonyl (C=O) groups is 2. The molecule has 1 atom stereocenters. The fourth-order valence-corrected chi connectivity index (χ4v) is 4.83. The summed E-state index contributed by atoms with van der Waals surface area (Å²) in [5, 5.41) is 18.5. The molecule has 8 heteroatoms. The Kier molecular flexibility index (Phi) is 4.89. The predicted molar refractivity (Wildman–Crippen MR) is 136 cm³/mol. The number of aromatic nitrogens is 2. The van der Waals surface area contributed by atoms with Crippen LogP contribution in [-0.4, -0.2) is 33.7 Å². The number of benzene rings is 3. The predicted octanol–water partition coefficient (Wildman–Crippen LogP) is 4.31. The minimum Gasteiger partial charge on any atom is -0.497 e. The Morgan fingerprint density at radius 1 is 0.972 bits per heavy atom. The molecule has 3 N–H and O–H groups in total. The molecule has 0 bridgehead atoms. The zero-order valence-electron chi connectivity index (χ0n) is 19.4. The van der Waals surface area contributed by atoms with Crippen molar-refractivity contribution in [1.82, 2.24) is 20.2 Å². The van der Waals surface area contributed by atoms with Gasteiger partial charge in [0.15, 0.2) is 11.4 Å². The number of pyridine rings is 1. The molecule has 5 aromatic rings. The minimum atomic E-state index is -1.39. The summed E-state index contributed by atoms with van der Waals surface area (Å²) in [5.41, 5.74) is 2.11. The highest BCUT2D eigenvalue weighted by atomic mass is 16.5. The highest BCUT2D eigenvalue weighted by molar-refractivity contribution is 6.07. The van der Waals surface area contributed by atoms with Crippen LogP contribution in [0.25, 0.3) is 32.8 Å². The molecule has 2 aromatic heterocycles. The molecule has 0 saturated carbocycles. The van der Waals surface area contributed by atoms with Gasteiger partial charge in [-0.1, -0.05) is 36.4 Å². The Bertz CT molecular complexity index is 1660. The first-order valence-electron chi connectivity index (χ1n) is 11.4. The maximum atomic E-state index is 13.1. The monoisotopic (exact) mass is 478 g/mol. The molecule has 3 heterocycles. The van der Waals surface area contributed by atoms with E-state index < -0.39 is 17.5 Å². The van der Waals surface area contributed by atoms with Crippen LogP contribution in [0.15, 0.2) is 85.2 Å². The molecular formula is C28H22N4O4. The van der Waals surface area contributed by atoms with Crippen molar-refractivity contribution in [3.63, 3.8) is 0 Å². The minimum absolute atomic E-state index is 0.00833. The number of amides is 3. The Balaban J connectivity index is 1.39. The number of aromatic hydroxyl groups is 1. The van der Waals surface area contributed by atoms with Crippen LogP contribution in [0.5, 0.6) is 11.6 Å². The molecule has 178 valence electrons. The van der Waals surface area contributed by atoms with Crippen LogP contribution in [-0.2, 0) is 16.9 Å². The normalized spacial score (nSPS) is 17.4. The molecule has 1 saturated heterocycles. The molecule has 6 rings (SSSR count). The molecule has 1 unspecified atom stereocenters. The number of methoxy groups -OCH3 is 1. The summed E-state index contributed by atoms with van der Waals surface area (Å²) in [5.74, 6) is 0.114. The summed E-state index contributed by atoms with van der Waals surface area (Å²) < 4.78 is 6.84. The summed E-state index contributed by atoms with van der Waals surface area (Å²) in [6, 6.07) is 22.2. The summed E-state index contributed by atoms with van der Waals surface area (Å²) in [7, 11) is 1.56. The molecule has 1 aliphatic heterocycles. The zero-order valence-corrected chi connectivity index (χ0v) is 19.4. The largest absolute Gasteiger partial charge is 0.497 e. The van der Waals surface area contributed by atoms with E-state index in [0.717, 1.165) is 27.4 Å². The standard InChI is InChI=1S/C28H22N4O4/c1-36-22-10-6-20-15-32(25(33)23(20)14-22)16-28(26(34)30-27(35)31-28)21-8-4-17(5-9-21)18-7-11-24-19(13-18)3-2-12-29-24/h2-15,33H,16H2,1H3,(H2,30,31,34,35). The Morgan fingerprint density at radius 3 is 2.53 bits per heavy atom. The number of nitrogens with zero attached hydrogens (tertiary/aromatic N) is 2. The highest BCUT2D eigenvalue weighted by Crippen LogP contribution is 2.35. The number of imide groups is 1. The average Bonchev–Trinajstić information content (AvgIpc) is 3.38. The van der Waals surface area contributed by atoms with Gasteiger partial charge < -0.3 is 19.7 Å². The molecule has 1 aliphatic rings. The van der Waals surface area contributed by atoms with E-state index >= 15 is 0 Å². The van der Waals surface area contributed by atoms with E-state index in [0.29, 0.717) is 16.7 Å². The fourth-order valence-electron chi connectivity index (χ4n) is 4.83. The molecule has 0 aliphatic carbocycles. The number of hydrogen-bond acceptors (Lipinski definition) is 5. The SMILES string of the molecule is COc1ccc2cn(CC3(c4ccc(-c5ccc6ncccc6c5)cc4)NC(=O)NC3=O)c(O)c2c1. The van der Waals surface area contributed by atoms with Gasteiger partial charge in [0.25, 0.3) is 5.91 Å². The molecule has 0 spiro atoms. The van der Waals surface area contributed by atoms with Crippen LogP contribution in [0, 0.1) is 0 Å². The third-order valence-electron chi connectivity index (χ3n) is 6.73. The number of rotatable bonds is 5. The van der Waals surface area contributed by atoms with Crippen LogP contribution in [0.1, 0.15) is 5.56 Å². The lowest BCUT2D eigenvalue weighted by Crippen LogP contribution is -2.47. The fraction of sp³-hybridized carbons (Fsp3) is 0.107. The molecule has 36 heavy (non-hydrogen) atoms. The van der Waals surface area contributed by atoms with Crippen LogP contribution >= 0.6 is 0 Å². The second-order valence-corrected chi connectivity index (χ2v) is 8.84. The van der Waals surface area contributed by atoms with Crippen molar-refractivity contribution in [1.29, 1.82) is 0 Å². The van der Waals surface area contributed by atoms with Gasteiger partial charge in [-0.15, -0.1) is 0 Å². The number of nitrogens with one attached hydrogen (secondary N) is 2. The highest BCUT2D eigenvalue weighted by Gasteiger charge is 2.48. The summed E-state index contributed by atoms with van der Waals surface area (Å²) in [6.07, 6.45) is 3.51. The van der Waals surface area contributed by atoms with Crippen molar-refractivity contribution in [3.8, 4) is 22.8 Å². The van der Waals surface area contributed by atoms with Crippen molar-refractivity contribution >= 4 is 33.6 Å². The van der Waals surface area contributed by atoms with E-state index in [-0.39, 0.29) is 12.4 Å². The first-order valence-corrected chi connectivity index (χ1v) is 11.4. The number of fused-ring (bicyclic) bond motifs is 2. The van der Waals surface area contributed by atoms with Gasteiger partial charge in [-0.25, -0.2) is 4.79 Å². The van der Waals surface area contributed by atoms with Gasteiger partial charge in [-0.05, 0) is 53.1 Å². The second-order valence-electron chi connectivity index (χ2n) is 8.84. The van der Waals surface area contributed by atoms with Crippen molar-refractivity contribution in [2.24, 2.45) is 0 Å². The van der Waals surface area contributed by atoms with E-state index in [1.807, 2.05) is 54.6 Å². The molecule has 0 radical (unpaired) electrons. The smallest absolute Gasteiger partial charge is 0.322 e. The lowest BCUT2D eigenvalue weighted by molar-refractivity contribution is -0.124. The Morgan fingerprint density at radius 2 is 1.78 bits per heavy atom. The average molecular weight is 479 g/mol. The van der Waals surface area contributed by atoms with Crippen molar-refractivity contribution in [3.05, 3.63) is 90.8 Å². The van der Waals surface area contributed by atoms with Crippen LogP contribution in [0.4, 0.5) is 4.79 Å². The number of hydrogen-bond donors (Lipinski definition) is 3. The van der Waals surface area contributed by atoms with Crippen LogP contribution < -0.4 is 15.4 Å². The summed E-state index contributed by atoms with van der Waals surface area (Å²) in [6.45, 7) is 0.00833. The topological polar surface area (TPSA) is 105 Å². The number of urea groups is 1. The number of ether oxygens (including phenoxy) is 1. The Hall–Kier alpha value is -4.85. The van der Waals surface area contributed by atoms with Gasteiger partial charge in [0.1, 0.15) is 5.75 Å². The van der Waals surface area contributed by atoms with Gasteiger partial charge in [-0.3, -0.25) is 15.1 Å². The van der Waals surface area contributed by atoms with Gasteiger partial charge in [0, 0.05) is 28.6 Å². The Labute approximate surface area is 206 Å². The van der Waals surface area contributed by atoms with Gasteiger partial charge >= 0.3 is 6.03 Å². The quantitative estimate of drug-likeness (QED) is 0.327. The summed E-state index contributed by atoms with van der Waals surface area (Å²) in [4.78, 5) is 29.7. The maximum Gasteiger partial charge on any atom is 0.322 e. The van der Waals surface area contributed by atoms with Crippen molar-refractivity contribution in [2.75, 3.05) is 7.11 Å². The van der Waals surface area contributed by atoms with E-state index in [2.05, 4.69) is 21.7 Å². The van der Waals surface area contributed by atoms with E-state index in [9.17, 15) is 14.7 Å². The van der Waals surface area contributed by atoms with E-state index in [4.69, 9.17) is 4.74 Å². The first kappa shape index (κ1) is 21.7. The molecule has 3 aromatic carbocycles. The van der Waals surface area contributed by atoms with Crippen molar-refractivity contribution in [2.45, 2.75) is 12.1 Å². The molecular weight excluding hydrogens is 456 g/mol. The van der Waals surface area contributed by atoms with Gasteiger partial charge in [0.2, 0.25) is 0 Å². The van der Waals surface area contributed by atoms with Gasteiger partial charge in [-0.2, -0.15) is 0 Å². The number of carbonyl (C=O) groups excluding carboxylic acids is 2. The molecule has 3 amide bonds. The van der Waals surface area contributed by atoms with Crippen molar-refractivity contribution < 1.29 is 19.4 Å². The third kappa shape index (κ3) is 3.42. The maximum absolute atomic E-state index is 13.1. The van der Waals surface area contributed by atoms with Gasteiger partial charge in [0.05, 0.1) is 19.2 Å².